The highest BCUT2D eigenvalue weighted by atomic mass is 16.6. The minimum atomic E-state index is -0.751. The van der Waals surface area contributed by atoms with Crippen molar-refractivity contribution in [3.8, 4) is 0 Å². The van der Waals surface area contributed by atoms with E-state index in [0.29, 0.717) is 19.8 Å². The number of ether oxygens (including phenoxy) is 3. The quantitative estimate of drug-likeness (QED) is 0.666. The van der Waals surface area contributed by atoms with Crippen LogP contribution in [0.15, 0.2) is 30.3 Å². The monoisotopic (exact) mass is 435 g/mol. The Hall–Kier alpha value is -2.32. The smallest absolute Gasteiger partial charge is 0.411 e. The van der Waals surface area contributed by atoms with Gasteiger partial charge in [-0.25, -0.2) is 9.59 Å². The van der Waals surface area contributed by atoms with E-state index < -0.39 is 23.4 Å². The van der Waals surface area contributed by atoms with Gasteiger partial charge in [0, 0.05) is 13.7 Å². The van der Waals surface area contributed by atoms with Gasteiger partial charge in [0.05, 0.1) is 26.0 Å². The Labute approximate surface area is 185 Å². The summed E-state index contributed by atoms with van der Waals surface area (Å²) in [5.41, 5.74) is -0.306. The fourth-order valence-corrected chi connectivity index (χ4v) is 3.57. The van der Waals surface area contributed by atoms with Gasteiger partial charge < -0.3 is 19.5 Å². The molecule has 2 rings (SSSR count). The number of nitrogens with one attached hydrogen (secondary N) is 1. The van der Waals surface area contributed by atoms with Gasteiger partial charge in [0.25, 0.3) is 0 Å². The van der Waals surface area contributed by atoms with Crippen molar-refractivity contribution in [2.45, 2.75) is 71.4 Å². The van der Waals surface area contributed by atoms with Crippen molar-refractivity contribution in [2.75, 3.05) is 26.9 Å². The fourth-order valence-electron chi connectivity index (χ4n) is 3.57. The molecule has 1 saturated heterocycles. The number of hydrogen-bond donors (Lipinski definition) is 1. The standard InChI is InChI=1S/C23H37N3O5/c1-22(2,3)30-20(27)24-17-25-14-10-13-19(25)26(15-18-11-8-7-9-12-18)21(28)31-23(4,5)16-29-6/h7-9,11-12,19H,10,13-17H2,1-6H3,(H,24,27). The van der Waals surface area contributed by atoms with Crippen molar-refractivity contribution >= 4 is 12.2 Å². The summed E-state index contributed by atoms with van der Waals surface area (Å²) < 4.78 is 16.3. The lowest BCUT2D eigenvalue weighted by Crippen LogP contribution is -2.52. The average Bonchev–Trinajstić information content (AvgIpc) is 3.11. The molecule has 1 fully saturated rings. The number of alkyl carbamates (subject to hydrolysis) is 1. The largest absolute Gasteiger partial charge is 0.444 e. The third kappa shape index (κ3) is 8.38. The van der Waals surface area contributed by atoms with E-state index in [9.17, 15) is 9.59 Å². The number of hydrogen-bond acceptors (Lipinski definition) is 6. The van der Waals surface area contributed by atoms with Gasteiger partial charge in [0.1, 0.15) is 11.2 Å². The minimum Gasteiger partial charge on any atom is -0.444 e. The molecule has 1 aromatic carbocycles. The van der Waals surface area contributed by atoms with Gasteiger partial charge in [-0.05, 0) is 53.0 Å². The Morgan fingerprint density at radius 2 is 1.81 bits per heavy atom. The average molecular weight is 436 g/mol. The van der Waals surface area contributed by atoms with Crippen LogP contribution in [0.4, 0.5) is 9.59 Å². The van der Waals surface area contributed by atoms with Crippen molar-refractivity contribution in [3.63, 3.8) is 0 Å². The van der Waals surface area contributed by atoms with E-state index in [4.69, 9.17) is 14.2 Å². The van der Waals surface area contributed by atoms with E-state index in [1.807, 2.05) is 65.0 Å². The molecule has 1 aliphatic rings. The SMILES string of the molecule is COCC(C)(C)OC(=O)N(Cc1ccccc1)C1CCCN1CNC(=O)OC(C)(C)C. The number of amides is 2. The summed E-state index contributed by atoms with van der Waals surface area (Å²) in [5, 5.41) is 2.80. The molecule has 0 spiro atoms. The molecular weight excluding hydrogens is 398 g/mol. The van der Waals surface area contributed by atoms with Crippen LogP contribution in [0.1, 0.15) is 53.0 Å². The highest BCUT2D eigenvalue weighted by molar-refractivity contribution is 5.69. The van der Waals surface area contributed by atoms with Gasteiger partial charge in [0.15, 0.2) is 0 Å². The van der Waals surface area contributed by atoms with Crippen LogP contribution in [-0.4, -0.2) is 66.3 Å². The Bertz CT molecular complexity index is 718. The second-order valence-corrected chi connectivity index (χ2v) is 9.45. The van der Waals surface area contributed by atoms with Crippen LogP contribution in [0.25, 0.3) is 0 Å². The Kier molecular flexibility index (Phi) is 8.70. The van der Waals surface area contributed by atoms with Gasteiger partial charge >= 0.3 is 12.2 Å². The number of likely N-dealkylation sites (tertiary alicyclic amines) is 1. The minimum absolute atomic E-state index is 0.194. The third-order valence-corrected chi connectivity index (χ3v) is 4.80. The number of rotatable bonds is 8. The summed E-state index contributed by atoms with van der Waals surface area (Å²) in [7, 11) is 1.58. The Morgan fingerprint density at radius 3 is 2.42 bits per heavy atom. The lowest BCUT2D eigenvalue weighted by atomic mass is 10.1. The third-order valence-electron chi connectivity index (χ3n) is 4.80. The van der Waals surface area contributed by atoms with Crippen molar-refractivity contribution in [3.05, 3.63) is 35.9 Å². The van der Waals surface area contributed by atoms with E-state index in [2.05, 4.69) is 10.2 Å². The van der Waals surface area contributed by atoms with Crippen LogP contribution < -0.4 is 5.32 Å². The van der Waals surface area contributed by atoms with Crippen LogP contribution in [0.3, 0.4) is 0 Å². The Morgan fingerprint density at radius 1 is 1.13 bits per heavy atom. The predicted octanol–water partition coefficient (Wildman–Crippen LogP) is 3.95. The van der Waals surface area contributed by atoms with E-state index in [0.717, 1.165) is 24.9 Å². The Balaban J connectivity index is 2.13. The second kappa shape index (κ2) is 10.8. The van der Waals surface area contributed by atoms with Gasteiger partial charge in [0.2, 0.25) is 0 Å². The second-order valence-electron chi connectivity index (χ2n) is 9.45. The summed E-state index contributed by atoms with van der Waals surface area (Å²) in [6.07, 6.45) is 0.640. The molecule has 2 amide bonds. The van der Waals surface area contributed by atoms with Gasteiger partial charge in [-0.15, -0.1) is 0 Å². The number of carbonyl (C=O) groups excluding carboxylic acids is 2. The van der Waals surface area contributed by atoms with Crippen molar-refractivity contribution in [1.82, 2.24) is 15.1 Å². The first kappa shape index (κ1) is 24.9. The van der Waals surface area contributed by atoms with Gasteiger partial charge in [-0.1, -0.05) is 30.3 Å². The number of carbonyl (C=O) groups is 2. The lowest BCUT2D eigenvalue weighted by Gasteiger charge is -2.37. The molecule has 0 aliphatic carbocycles. The first-order valence-electron chi connectivity index (χ1n) is 10.7. The first-order chi connectivity index (χ1) is 14.5. The zero-order chi connectivity index (χ0) is 23.1. The molecule has 1 N–H and O–H groups in total. The first-order valence-corrected chi connectivity index (χ1v) is 10.7. The molecule has 0 radical (unpaired) electrons. The molecule has 0 saturated carbocycles. The molecular formula is C23H37N3O5. The summed E-state index contributed by atoms with van der Waals surface area (Å²) >= 11 is 0. The molecule has 1 unspecified atom stereocenters. The summed E-state index contributed by atoms with van der Waals surface area (Å²) in [4.78, 5) is 29.1. The molecule has 1 heterocycles. The van der Waals surface area contributed by atoms with Crippen LogP contribution in [-0.2, 0) is 20.8 Å². The zero-order valence-electron chi connectivity index (χ0n) is 19.6. The fraction of sp³-hybridized carbons (Fsp3) is 0.652. The number of methoxy groups -OCH3 is 1. The molecule has 0 aromatic heterocycles. The number of nitrogens with zero attached hydrogens (tertiary/aromatic N) is 2. The zero-order valence-corrected chi connectivity index (χ0v) is 19.6. The van der Waals surface area contributed by atoms with E-state index in [1.54, 1.807) is 12.0 Å². The van der Waals surface area contributed by atoms with Gasteiger partial charge in [-0.2, -0.15) is 0 Å². The molecule has 8 nitrogen and oxygen atoms in total. The van der Waals surface area contributed by atoms with Crippen LogP contribution in [0, 0.1) is 0 Å². The highest BCUT2D eigenvalue weighted by Crippen LogP contribution is 2.25. The van der Waals surface area contributed by atoms with Crippen molar-refractivity contribution in [2.24, 2.45) is 0 Å². The van der Waals surface area contributed by atoms with Gasteiger partial charge in [-0.3, -0.25) is 9.80 Å². The molecule has 1 atom stereocenters. The molecule has 31 heavy (non-hydrogen) atoms. The van der Waals surface area contributed by atoms with E-state index in [-0.39, 0.29) is 6.17 Å². The van der Waals surface area contributed by atoms with Crippen LogP contribution in [0.5, 0.6) is 0 Å². The predicted molar refractivity (Wildman–Crippen MR) is 118 cm³/mol. The maximum atomic E-state index is 13.2. The van der Waals surface area contributed by atoms with E-state index >= 15 is 0 Å². The van der Waals surface area contributed by atoms with Crippen LogP contribution >= 0.6 is 0 Å². The molecule has 8 heteroatoms. The molecule has 1 aliphatic heterocycles. The normalized spacial score (nSPS) is 17.3. The van der Waals surface area contributed by atoms with E-state index in [1.165, 1.54) is 0 Å². The summed E-state index contributed by atoms with van der Waals surface area (Å²) in [6, 6.07) is 9.81. The molecule has 1 aromatic rings. The van der Waals surface area contributed by atoms with Crippen molar-refractivity contribution < 1.29 is 23.8 Å². The summed E-state index contributed by atoms with van der Waals surface area (Å²) in [5.74, 6) is 0. The van der Waals surface area contributed by atoms with Crippen LogP contribution in [0.2, 0.25) is 0 Å². The highest BCUT2D eigenvalue weighted by Gasteiger charge is 2.36. The molecule has 0 bridgehead atoms. The number of benzene rings is 1. The van der Waals surface area contributed by atoms with Crippen molar-refractivity contribution in [1.29, 1.82) is 0 Å². The molecule has 174 valence electrons. The maximum Gasteiger partial charge on any atom is 0.411 e. The summed E-state index contributed by atoms with van der Waals surface area (Å²) in [6.45, 7) is 10.9. The lowest BCUT2D eigenvalue weighted by molar-refractivity contribution is -0.0478. The topological polar surface area (TPSA) is 80.3 Å². The maximum absolute atomic E-state index is 13.2.